The summed E-state index contributed by atoms with van der Waals surface area (Å²) in [6, 6.07) is 0. The molecule has 6 nitrogen and oxygen atoms in total. The van der Waals surface area contributed by atoms with E-state index in [9.17, 15) is 4.79 Å². The van der Waals surface area contributed by atoms with Crippen LogP contribution in [0.25, 0.3) is 0 Å². The summed E-state index contributed by atoms with van der Waals surface area (Å²) in [7, 11) is 0. The van der Waals surface area contributed by atoms with Gasteiger partial charge >= 0.3 is 0 Å². The number of amides is 1. The van der Waals surface area contributed by atoms with Gasteiger partial charge in [-0.3, -0.25) is 9.78 Å². The normalized spacial score (nSPS) is 17.0. The molecule has 0 aromatic carbocycles. The number of hydrogen-bond donors (Lipinski definition) is 2. The van der Waals surface area contributed by atoms with Crippen LogP contribution >= 0.6 is 0 Å². The van der Waals surface area contributed by atoms with Crippen molar-refractivity contribution in [2.75, 3.05) is 33.0 Å². The summed E-state index contributed by atoms with van der Waals surface area (Å²) in [5.74, 6) is -0.174. The number of ether oxygens (including phenoxy) is 1. The van der Waals surface area contributed by atoms with Gasteiger partial charge in [0, 0.05) is 12.4 Å². The van der Waals surface area contributed by atoms with E-state index in [0.29, 0.717) is 12.4 Å². The second-order valence-corrected chi connectivity index (χ2v) is 3.64. The van der Waals surface area contributed by atoms with Gasteiger partial charge in [-0.15, -0.1) is 0 Å². The van der Waals surface area contributed by atoms with E-state index >= 15 is 0 Å². The summed E-state index contributed by atoms with van der Waals surface area (Å²) in [5.41, 5.74) is 0.357. The van der Waals surface area contributed by atoms with Crippen molar-refractivity contribution in [3.8, 4) is 0 Å². The number of morpholine rings is 1. The lowest BCUT2D eigenvalue weighted by Gasteiger charge is -2.23. The van der Waals surface area contributed by atoms with E-state index in [4.69, 9.17) is 4.74 Å². The summed E-state index contributed by atoms with van der Waals surface area (Å²) in [6.07, 6.45) is 4.52. The van der Waals surface area contributed by atoms with Crippen molar-refractivity contribution in [3.05, 3.63) is 24.3 Å². The van der Waals surface area contributed by atoms with Gasteiger partial charge in [-0.1, -0.05) is 0 Å². The van der Waals surface area contributed by atoms with Crippen molar-refractivity contribution >= 4 is 5.91 Å². The Bertz CT molecular complexity index is 338. The first-order valence-corrected chi connectivity index (χ1v) is 5.32. The summed E-state index contributed by atoms with van der Waals surface area (Å²) < 4.78 is 5.24. The van der Waals surface area contributed by atoms with E-state index < -0.39 is 0 Å². The van der Waals surface area contributed by atoms with Crippen LogP contribution in [0.3, 0.4) is 0 Å². The van der Waals surface area contributed by atoms with Gasteiger partial charge in [0.15, 0.2) is 6.67 Å². The number of aromatic nitrogens is 2. The molecule has 2 N–H and O–H groups in total. The molecule has 1 saturated heterocycles. The standard InChI is InChI=1S/C10H14N4O2/c15-10(9-7-11-1-2-12-9)13-8-14-3-5-16-6-4-14/h1-2,7H,3-6,8H2,(H,13,15)/p+1. The second kappa shape index (κ2) is 5.53. The molecule has 1 aliphatic rings. The highest BCUT2D eigenvalue weighted by Gasteiger charge is 2.15. The molecular formula is C10H15N4O2+. The van der Waals surface area contributed by atoms with Gasteiger partial charge in [-0.2, -0.15) is 0 Å². The van der Waals surface area contributed by atoms with Crippen LogP contribution in [-0.4, -0.2) is 48.8 Å². The molecule has 1 aliphatic heterocycles. The monoisotopic (exact) mass is 223 g/mol. The van der Waals surface area contributed by atoms with Gasteiger partial charge in [0.25, 0.3) is 5.91 Å². The number of hydrogen-bond acceptors (Lipinski definition) is 4. The topological polar surface area (TPSA) is 68.5 Å². The fraction of sp³-hybridized carbons (Fsp3) is 0.500. The molecule has 2 heterocycles. The van der Waals surface area contributed by atoms with Crippen molar-refractivity contribution in [2.45, 2.75) is 0 Å². The molecule has 16 heavy (non-hydrogen) atoms. The maximum atomic E-state index is 11.6. The average molecular weight is 223 g/mol. The number of rotatable bonds is 3. The summed E-state index contributed by atoms with van der Waals surface area (Å²) in [5, 5.41) is 2.83. The lowest BCUT2D eigenvalue weighted by molar-refractivity contribution is -0.909. The van der Waals surface area contributed by atoms with E-state index in [-0.39, 0.29) is 5.91 Å². The average Bonchev–Trinajstić information content (AvgIpc) is 2.38. The van der Waals surface area contributed by atoms with E-state index in [2.05, 4.69) is 15.3 Å². The second-order valence-electron chi connectivity index (χ2n) is 3.64. The first kappa shape index (κ1) is 11.0. The lowest BCUT2D eigenvalue weighted by Crippen LogP contribution is -3.15. The molecule has 1 amide bonds. The number of quaternary nitrogens is 1. The first-order valence-electron chi connectivity index (χ1n) is 5.32. The Morgan fingerprint density at radius 2 is 2.25 bits per heavy atom. The van der Waals surface area contributed by atoms with Crippen molar-refractivity contribution in [1.82, 2.24) is 15.3 Å². The fourth-order valence-corrected chi connectivity index (χ4v) is 1.55. The van der Waals surface area contributed by atoms with Gasteiger partial charge in [0.1, 0.15) is 18.8 Å². The van der Waals surface area contributed by atoms with Gasteiger partial charge in [-0.25, -0.2) is 4.98 Å². The van der Waals surface area contributed by atoms with Gasteiger partial charge in [-0.05, 0) is 0 Å². The number of carbonyl (C=O) groups is 1. The number of nitrogens with one attached hydrogen (secondary N) is 2. The Hall–Kier alpha value is -1.53. The van der Waals surface area contributed by atoms with Crippen LogP contribution in [0.15, 0.2) is 18.6 Å². The molecule has 86 valence electrons. The third-order valence-corrected chi connectivity index (χ3v) is 2.49. The number of nitrogens with zero attached hydrogens (tertiary/aromatic N) is 2. The molecule has 0 unspecified atom stereocenters. The van der Waals surface area contributed by atoms with Crippen LogP contribution in [0, 0.1) is 0 Å². The molecule has 0 bridgehead atoms. The van der Waals surface area contributed by atoms with Crippen LogP contribution in [0.2, 0.25) is 0 Å². The van der Waals surface area contributed by atoms with Crippen molar-refractivity contribution in [1.29, 1.82) is 0 Å². The molecule has 1 aromatic rings. The minimum absolute atomic E-state index is 0.174. The van der Waals surface area contributed by atoms with E-state index in [1.807, 2.05) is 0 Å². The minimum atomic E-state index is -0.174. The predicted octanol–water partition coefficient (Wildman–Crippen LogP) is -1.92. The van der Waals surface area contributed by atoms with E-state index in [1.54, 1.807) is 6.20 Å². The molecule has 0 spiro atoms. The highest BCUT2D eigenvalue weighted by Crippen LogP contribution is 1.88. The zero-order valence-electron chi connectivity index (χ0n) is 8.98. The molecule has 6 heteroatoms. The van der Waals surface area contributed by atoms with Gasteiger partial charge < -0.3 is 15.0 Å². The maximum Gasteiger partial charge on any atom is 0.275 e. The Kier molecular flexibility index (Phi) is 3.79. The number of carbonyl (C=O) groups excluding carboxylic acids is 1. The molecular weight excluding hydrogens is 208 g/mol. The molecule has 0 aliphatic carbocycles. The van der Waals surface area contributed by atoms with Crippen molar-refractivity contribution in [3.63, 3.8) is 0 Å². The smallest absolute Gasteiger partial charge is 0.275 e. The van der Waals surface area contributed by atoms with Crippen LogP contribution in [0.1, 0.15) is 10.5 Å². The largest absolute Gasteiger partial charge is 0.370 e. The van der Waals surface area contributed by atoms with Crippen LogP contribution < -0.4 is 10.2 Å². The molecule has 0 atom stereocenters. The SMILES string of the molecule is O=C(NC[NH+]1CCOCC1)c1cnccn1. The van der Waals surface area contributed by atoms with E-state index in [1.165, 1.54) is 17.3 Å². The molecule has 1 fully saturated rings. The van der Waals surface area contributed by atoms with E-state index in [0.717, 1.165) is 26.3 Å². The Labute approximate surface area is 93.6 Å². The maximum absolute atomic E-state index is 11.6. The van der Waals surface area contributed by atoms with Crippen molar-refractivity contribution in [2.24, 2.45) is 0 Å². The van der Waals surface area contributed by atoms with Crippen molar-refractivity contribution < 1.29 is 14.4 Å². The molecule has 2 rings (SSSR count). The fourth-order valence-electron chi connectivity index (χ4n) is 1.55. The zero-order valence-corrected chi connectivity index (χ0v) is 8.98. The van der Waals surface area contributed by atoms with Crippen LogP contribution in [-0.2, 0) is 4.74 Å². The Balaban J connectivity index is 1.79. The molecule has 0 saturated carbocycles. The zero-order chi connectivity index (χ0) is 11.2. The molecule has 1 aromatic heterocycles. The molecule has 0 radical (unpaired) electrons. The Morgan fingerprint density at radius 3 is 2.94 bits per heavy atom. The highest BCUT2D eigenvalue weighted by molar-refractivity contribution is 5.91. The third-order valence-electron chi connectivity index (χ3n) is 2.49. The summed E-state index contributed by atoms with van der Waals surface area (Å²) >= 11 is 0. The minimum Gasteiger partial charge on any atom is -0.370 e. The van der Waals surface area contributed by atoms with Crippen LogP contribution in [0.4, 0.5) is 0 Å². The first-order chi connectivity index (χ1) is 7.86. The van der Waals surface area contributed by atoms with Gasteiger partial charge in [0.2, 0.25) is 0 Å². The summed E-state index contributed by atoms with van der Waals surface area (Å²) in [4.78, 5) is 20.7. The lowest BCUT2D eigenvalue weighted by atomic mass is 10.4. The van der Waals surface area contributed by atoms with Crippen LogP contribution in [0.5, 0.6) is 0 Å². The summed E-state index contributed by atoms with van der Waals surface area (Å²) in [6.45, 7) is 3.99. The Morgan fingerprint density at radius 1 is 1.44 bits per heavy atom. The predicted molar refractivity (Wildman–Crippen MR) is 55.9 cm³/mol. The highest BCUT2D eigenvalue weighted by atomic mass is 16.5. The third kappa shape index (κ3) is 2.98. The van der Waals surface area contributed by atoms with Gasteiger partial charge in [0.05, 0.1) is 19.4 Å². The quantitative estimate of drug-likeness (QED) is 0.627.